The smallest absolute Gasteiger partial charge is 0.321 e. The van der Waals surface area contributed by atoms with Gasteiger partial charge in [0.25, 0.3) is 5.91 Å². The molecule has 0 saturated heterocycles. The van der Waals surface area contributed by atoms with E-state index in [1.807, 2.05) is 6.07 Å². The summed E-state index contributed by atoms with van der Waals surface area (Å²) in [6.07, 6.45) is 4.15. The standard InChI is InChI=1S/C15H17N3O3/c16-9-11-5-7-13(8-6-11)21-10-14(19)18-15(20)17-12-3-1-2-4-12/h5-8,12H,1-4,10H2,(H2,17,18,19,20). The molecule has 0 bridgehead atoms. The number of hydrogen-bond acceptors (Lipinski definition) is 4. The van der Waals surface area contributed by atoms with Gasteiger partial charge in [0.1, 0.15) is 5.75 Å². The average molecular weight is 287 g/mol. The van der Waals surface area contributed by atoms with E-state index in [1.165, 1.54) is 0 Å². The first-order chi connectivity index (χ1) is 10.2. The highest BCUT2D eigenvalue weighted by Gasteiger charge is 2.18. The number of nitriles is 1. The van der Waals surface area contributed by atoms with Crippen LogP contribution in [-0.4, -0.2) is 24.6 Å². The monoisotopic (exact) mass is 287 g/mol. The van der Waals surface area contributed by atoms with Crippen LogP contribution in [0.1, 0.15) is 31.2 Å². The summed E-state index contributed by atoms with van der Waals surface area (Å²) in [7, 11) is 0. The van der Waals surface area contributed by atoms with Crippen LogP contribution in [0.15, 0.2) is 24.3 Å². The lowest BCUT2D eigenvalue weighted by molar-refractivity contribution is -0.122. The van der Waals surface area contributed by atoms with E-state index in [0.717, 1.165) is 25.7 Å². The van der Waals surface area contributed by atoms with Crippen LogP contribution in [0.3, 0.4) is 0 Å². The SMILES string of the molecule is N#Cc1ccc(OCC(=O)NC(=O)NC2CCCC2)cc1. The number of ether oxygens (including phenoxy) is 1. The second-order valence-corrected chi connectivity index (χ2v) is 4.93. The summed E-state index contributed by atoms with van der Waals surface area (Å²) >= 11 is 0. The molecule has 110 valence electrons. The molecule has 1 aliphatic carbocycles. The van der Waals surface area contributed by atoms with Crippen molar-refractivity contribution in [2.45, 2.75) is 31.7 Å². The molecular weight excluding hydrogens is 270 g/mol. The second-order valence-electron chi connectivity index (χ2n) is 4.93. The molecule has 1 aromatic rings. The van der Waals surface area contributed by atoms with Crippen LogP contribution in [0, 0.1) is 11.3 Å². The molecule has 1 aliphatic rings. The molecule has 2 N–H and O–H groups in total. The summed E-state index contributed by atoms with van der Waals surface area (Å²) in [6, 6.07) is 8.08. The summed E-state index contributed by atoms with van der Waals surface area (Å²) < 4.78 is 5.24. The Bertz CT molecular complexity index is 542. The van der Waals surface area contributed by atoms with E-state index in [-0.39, 0.29) is 12.6 Å². The lowest BCUT2D eigenvalue weighted by Crippen LogP contribution is -2.45. The molecule has 0 radical (unpaired) electrons. The van der Waals surface area contributed by atoms with Gasteiger partial charge in [-0.15, -0.1) is 0 Å². The molecule has 0 spiro atoms. The molecule has 1 aromatic carbocycles. The molecule has 0 heterocycles. The lowest BCUT2D eigenvalue weighted by Gasteiger charge is -2.12. The molecular formula is C15H17N3O3. The van der Waals surface area contributed by atoms with E-state index in [4.69, 9.17) is 10.00 Å². The number of benzene rings is 1. The predicted molar refractivity (Wildman–Crippen MR) is 75.6 cm³/mol. The van der Waals surface area contributed by atoms with Crippen molar-refractivity contribution in [1.29, 1.82) is 5.26 Å². The zero-order chi connectivity index (χ0) is 15.1. The van der Waals surface area contributed by atoms with E-state index < -0.39 is 11.9 Å². The van der Waals surface area contributed by atoms with Crippen molar-refractivity contribution in [3.05, 3.63) is 29.8 Å². The fourth-order valence-electron chi connectivity index (χ4n) is 2.23. The molecule has 1 saturated carbocycles. The van der Waals surface area contributed by atoms with Crippen molar-refractivity contribution >= 4 is 11.9 Å². The zero-order valence-electron chi connectivity index (χ0n) is 11.6. The molecule has 6 heteroatoms. The Balaban J connectivity index is 1.71. The maximum Gasteiger partial charge on any atom is 0.321 e. The van der Waals surface area contributed by atoms with Gasteiger partial charge in [-0.25, -0.2) is 4.79 Å². The van der Waals surface area contributed by atoms with E-state index in [2.05, 4.69) is 10.6 Å². The Hall–Kier alpha value is -2.55. The van der Waals surface area contributed by atoms with Crippen LogP contribution >= 0.6 is 0 Å². The minimum absolute atomic E-state index is 0.164. The summed E-state index contributed by atoms with van der Waals surface area (Å²) in [5.41, 5.74) is 0.516. The van der Waals surface area contributed by atoms with Crippen LogP contribution in [0.2, 0.25) is 0 Å². The van der Waals surface area contributed by atoms with Gasteiger partial charge >= 0.3 is 6.03 Å². The number of rotatable bonds is 4. The van der Waals surface area contributed by atoms with Gasteiger partial charge in [0.05, 0.1) is 11.6 Å². The third-order valence-corrected chi connectivity index (χ3v) is 3.30. The van der Waals surface area contributed by atoms with Crippen LogP contribution in [-0.2, 0) is 4.79 Å². The maximum atomic E-state index is 11.6. The summed E-state index contributed by atoms with van der Waals surface area (Å²) in [5.74, 6) is -0.0322. The number of nitrogens with one attached hydrogen (secondary N) is 2. The van der Waals surface area contributed by atoms with Gasteiger partial charge in [0, 0.05) is 6.04 Å². The van der Waals surface area contributed by atoms with Crippen molar-refractivity contribution in [2.24, 2.45) is 0 Å². The third kappa shape index (κ3) is 4.80. The van der Waals surface area contributed by atoms with Gasteiger partial charge in [-0.05, 0) is 37.1 Å². The Morgan fingerprint density at radius 2 is 1.90 bits per heavy atom. The maximum absolute atomic E-state index is 11.6. The molecule has 21 heavy (non-hydrogen) atoms. The number of carbonyl (C=O) groups excluding carboxylic acids is 2. The van der Waals surface area contributed by atoms with Crippen molar-refractivity contribution in [2.75, 3.05) is 6.61 Å². The predicted octanol–water partition coefficient (Wildman–Crippen LogP) is 1.71. The van der Waals surface area contributed by atoms with Gasteiger partial charge in [-0.3, -0.25) is 10.1 Å². The number of amides is 3. The zero-order valence-corrected chi connectivity index (χ0v) is 11.6. The number of imide groups is 1. The minimum Gasteiger partial charge on any atom is -0.484 e. The molecule has 0 atom stereocenters. The van der Waals surface area contributed by atoms with Crippen molar-refractivity contribution in [1.82, 2.24) is 10.6 Å². The fraction of sp³-hybridized carbons (Fsp3) is 0.400. The van der Waals surface area contributed by atoms with E-state index in [1.54, 1.807) is 24.3 Å². The minimum atomic E-state index is -0.505. The van der Waals surface area contributed by atoms with Crippen molar-refractivity contribution in [3.8, 4) is 11.8 Å². The highest BCUT2D eigenvalue weighted by Crippen LogP contribution is 2.17. The van der Waals surface area contributed by atoms with E-state index >= 15 is 0 Å². The van der Waals surface area contributed by atoms with Gasteiger partial charge < -0.3 is 10.1 Å². The van der Waals surface area contributed by atoms with E-state index in [9.17, 15) is 9.59 Å². The Kier molecular flexibility index (Phi) is 5.16. The van der Waals surface area contributed by atoms with Crippen molar-refractivity contribution < 1.29 is 14.3 Å². The molecule has 0 aromatic heterocycles. The highest BCUT2D eigenvalue weighted by atomic mass is 16.5. The van der Waals surface area contributed by atoms with Gasteiger partial charge in [0.2, 0.25) is 0 Å². The Labute approximate surface area is 123 Å². The highest BCUT2D eigenvalue weighted by molar-refractivity contribution is 5.95. The summed E-state index contributed by atoms with van der Waals surface area (Å²) in [6.45, 7) is -0.246. The number of urea groups is 1. The van der Waals surface area contributed by atoms with Crippen LogP contribution in [0.5, 0.6) is 5.75 Å². The Morgan fingerprint density at radius 1 is 1.24 bits per heavy atom. The summed E-state index contributed by atoms with van der Waals surface area (Å²) in [4.78, 5) is 23.1. The first-order valence-corrected chi connectivity index (χ1v) is 6.90. The Morgan fingerprint density at radius 3 is 2.52 bits per heavy atom. The van der Waals surface area contributed by atoms with Gasteiger partial charge in [-0.1, -0.05) is 12.8 Å². The molecule has 0 unspecified atom stereocenters. The normalized spacial score (nSPS) is 14.2. The second kappa shape index (κ2) is 7.29. The molecule has 3 amide bonds. The van der Waals surface area contributed by atoms with Crippen molar-refractivity contribution in [3.63, 3.8) is 0 Å². The average Bonchev–Trinajstić information content (AvgIpc) is 2.98. The first kappa shape index (κ1) is 14.9. The number of carbonyl (C=O) groups is 2. The molecule has 0 aliphatic heterocycles. The third-order valence-electron chi connectivity index (χ3n) is 3.30. The van der Waals surface area contributed by atoms with E-state index in [0.29, 0.717) is 11.3 Å². The largest absolute Gasteiger partial charge is 0.484 e. The first-order valence-electron chi connectivity index (χ1n) is 6.90. The lowest BCUT2D eigenvalue weighted by atomic mass is 10.2. The quantitative estimate of drug-likeness (QED) is 0.881. The molecule has 2 rings (SSSR count). The van der Waals surface area contributed by atoms with Crippen LogP contribution in [0.25, 0.3) is 0 Å². The molecule has 6 nitrogen and oxygen atoms in total. The van der Waals surface area contributed by atoms with Gasteiger partial charge in [-0.2, -0.15) is 5.26 Å². The molecule has 1 fully saturated rings. The van der Waals surface area contributed by atoms with Crippen LogP contribution in [0.4, 0.5) is 4.79 Å². The fourth-order valence-corrected chi connectivity index (χ4v) is 2.23. The topological polar surface area (TPSA) is 91.2 Å². The summed E-state index contributed by atoms with van der Waals surface area (Å²) in [5, 5.41) is 13.7. The number of nitrogens with zero attached hydrogens (tertiary/aromatic N) is 1. The van der Waals surface area contributed by atoms with Crippen LogP contribution < -0.4 is 15.4 Å². The number of hydrogen-bond donors (Lipinski definition) is 2. The van der Waals surface area contributed by atoms with Gasteiger partial charge in [0.15, 0.2) is 6.61 Å².